The largest absolute Gasteiger partial charge is 0.341 e. The van der Waals surface area contributed by atoms with Gasteiger partial charge < -0.3 is 9.80 Å². The maximum absolute atomic E-state index is 12.4. The maximum atomic E-state index is 12.4. The topological polar surface area (TPSA) is 86.4 Å². The third kappa shape index (κ3) is 3.03. The van der Waals surface area contributed by atoms with Gasteiger partial charge in [-0.15, -0.1) is 0 Å². The zero-order valence-electron chi connectivity index (χ0n) is 12.5. The monoisotopic (exact) mass is 304 g/mol. The van der Waals surface area contributed by atoms with Gasteiger partial charge in [-0.1, -0.05) is 6.42 Å². The summed E-state index contributed by atoms with van der Waals surface area (Å²) < 4.78 is 0. The van der Waals surface area contributed by atoms with Gasteiger partial charge in [0.2, 0.25) is 5.91 Å². The molecule has 0 aromatic carbocycles. The average molecular weight is 304 g/mol. The van der Waals surface area contributed by atoms with Gasteiger partial charge in [-0.3, -0.25) is 14.4 Å². The van der Waals surface area contributed by atoms with Crippen LogP contribution in [-0.2, 0) is 4.79 Å². The van der Waals surface area contributed by atoms with Crippen LogP contribution in [0.25, 0.3) is 0 Å². The highest BCUT2D eigenvalue weighted by Gasteiger charge is 2.31. The van der Waals surface area contributed by atoms with Crippen LogP contribution >= 0.6 is 0 Å². The summed E-state index contributed by atoms with van der Waals surface area (Å²) in [5.74, 6) is 0.236. The number of aromatic amines is 1. The first-order valence-corrected chi connectivity index (χ1v) is 7.79. The number of amides is 2. The zero-order chi connectivity index (χ0) is 15.5. The third-order valence-corrected chi connectivity index (χ3v) is 4.45. The third-order valence-electron chi connectivity index (χ3n) is 4.45. The highest BCUT2D eigenvalue weighted by Crippen LogP contribution is 2.28. The summed E-state index contributed by atoms with van der Waals surface area (Å²) in [5.41, 5.74) is -0.0944. The summed E-state index contributed by atoms with van der Waals surface area (Å²) in [6.45, 7) is 2.40. The standard InChI is InChI=1S/C15H20N4O3/c20-13-6-5-12(16-17-13)15(22)19-8-2-7-18(9-10-19)14(21)11-3-1-4-11/h5-6,11H,1-4,7-10H2,(H,17,20). The van der Waals surface area contributed by atoms with E-state index in [2.05, 4.69) is 10.2 Å². The van der Waals surface area contributed by atoms with Crippen molar-refractivity contribution in [2.24, 2.45) is 5.92 Å². The van der Waals surface area contributed by atoms with Crippen LogP contribution in [-0.4, -0.2) is 58.0 Å². The molecule has 0 radical (unpaired) electrons. The Kier molecular flexibility index (Phi) is 4.22. The molecule has 1 saturated heterocycles. The predicted octanol–water partition coefficient (Wildman–Crippen LogP) is 0.244. The first kappa shape index (κ1) is 14.7. The smallest absolute Gasteiger partial charge is 0.274 e. The van der Waals surface area contributed by atoms with Crippen LogP contribution in [0, 0.1) is 5.92 Å². The lowest BCUT2D eigenvalue weighted by molar-refractivity contribution is -0.138. The Bertz CT molecular complexity index is 603. The number of carbonyl (C=O) groups is 2. The van der Waals surface area contributed by atoms with Crippen LogP contribution < -0.4 is 5.56 Å². The van der Waals surface area contributed by atoms with E-state index in [1.165, 1.54) is 12.1 Å². The van der Waals surface area contributed by atoms with E-state index in [9.17, 15) is 14.4 Å². The molecule has 0 atom stereocenters. The molecule has 3 rings (SSSR count). The zero-order valence-corrected chi connectivity index (χ0v) is 12.5. The normalized spacial score (nSPS) is 19.5. The lowest BCUT2D eigenvalue weighted by Gasteiger charge is -2.30. The Morgan fingerprint density at radius 3 is 2.41 bits per heavy atom. The number of carbonyl (C=O) groups excluding carboxylic acids is 2. The van der Waals surface area contributed by atoms with Crippen molar-refractivity contribution in [3.63, 3.8) is 0 Å². The van der Waals surface area contributed by atoms with Gasteiger partial charge in [0, 0.05) is 38.2 Å². The fraction of sp³-hybridized carbons (Fsp3) is 0.600. The van der Waals surface area contributed by atoms with Gasteiger partial charge in [-0.05, 0) is 25.3 Å². The Labute approximate surface area is 128 Å². The van der Waals surface area contributed by atoms with Gasteiger partial charge in [-0.2, -0.15) is 5.10 Å². The van der Waals surface area contributed by atoms with Gasteiger partial charge in [0.05, 0.1) is 0 Å². The fourth-order valence-corrected chi connectivity index (χ4v) is 2.88. The predicted molar refractivity (Wildman–Crippen MR) is 79.3 cm³/mol. The van der Waals surface area contributed by atoms with E-state index in [0.717, 1.165) is 25.7 Å². The van der Waals surface area contributed by atoms with Crippen LogP contribution in [0.4, 0.5) is 0 Å². The summed E-state index contributed by atoms with van der Waals surface area (Å²) in [5, 5.41) is 6.05. The molecule has 0 spiro atoms. The SMILES string of the molecule is O=C(c1ccc(=O)[nH]n1)N1CCCN(C(=O)C2CCC2)CC1. The molecule has 7 heteroatoms. The number of aromatic nitrogens is 2. The summed E-state index contributed by atoms with van der Waals surface area (Å²) in [6, 6.07) is 2.73. The molecule has 2 amide bonds. The van der Waals surface area contributed by atoms with Crippen molar-refractivity contribution < 1.29 is 9.59 Å². The lowest BCUT2D eigenvalue weighted by atomic mass is 9.84. The van der Waals surface area contributed by atoms with E-state index in [4.69, 9.17) is 0 Å². The van der Waals surface area contributed by atoms with Crippen LogP contribution in [0.5, 0.6) is 0 Å². The van der Waals surface area contributed by atoms with E-state index in [1.54, 1.807) is 4.90 Å². The second kappa shape index (κ2) is 6.29. The van der Waals surface area contributed by atoms with Gasteiger partial charge in [-0.25, -0.2) is 5.10 Å². The maximum Gasteiger partial charge on any atom is 0.274 e. The molecule has 2 aliphatic rings. The van der Waals surface area contributed by atoms with E-state index in [1.807, 2.05) is 4.90 Å². The summed E-state index contributed by atoms with van der Waals surface area (Å²) in [4.78, 5) is 39.3. The molecule has 1 aliphatic heterocycles. The van der Waals surface area contributed by atoms with Crippen molar-refractivity contribution in [2.75, 3.05) is 26.2 Å². The van der Waals surface area contributed by atoms with Crippen LogP contribution in [0.2, 0.25) is 0 Å². The van der Waals surface area contributed by atoms with E-state index >= 15 is 0 Å². The van der Waals surface area contributed by atoms with Crippen molar-refractivity contribution in [1.82, 2.24) is 20.0 Å². The highest BCUT2D eigenvalue weighted by molar-refractivity contribution is 5.92. The molecule has 2 fully saturated rings. The number of H-pyrrole nitrogens is 1. The Morgan fingerprint density at radius 1 is 1.05 bits per heavy atom. The van der Waals surface area contributed by atoms with Crippen LogP contribution in [0.1, 0.15) is 36.2 Å². The number of nitrogens with one attached hydrogen (secondary N) is 1. The first-order chi connectivity index (χ1) is 10.6. The quantitative estimate of drug-likeness (QED) is 0.848. The number of hydrogen-bond donors (Lipinski definition) is 1. The molecular weight excluding hydrogens is 284 g/mol. The Morgan fingerprint density at radius 2 is 1.77 bits per heavy atom. The molecule has 1 aromatic rings. The van der Waals surface area contributed by atoms with E-state index in [0.29, 0.717) is 26.2 Å². The van der Waals surface area contributed by atoms with Gasteiger partial charge in [0.15, 0.2) is 0 Å². The second-order valence-electron chi connectivity index (χ2n) is 5.91. The fourth-order valence-electron chi connectivity index (χ4n) is 2.88. The summed E-state index contributed by atoms with van der Waals surface area (Å²) >= 11 is 0. The minimum Gasteiger partial charge on any atom is -0.341 e. The molecule has 1 N–H and O–H groups in total. The average Bonchev–Trinajstić information content (AvgIpc) is 2.71. The van der Waals surface area contributed by atoms with E-state index in [-0.39, 0.29) is 29.0 Å². The molecule has 0 bridgehead atoms. The lowest BCUT2D eigenvalue weighted by Crippen LogP contribution is -2.41. The summed E-state index contributed by atoms with van der Waals surface area (Å²) in [7, 11) is 0. The van der Waals surface area contributed by atoms with Crippen molar-refractivity contribution in [3.8, 4) is 0 Å². The van der Waals surface area contributed by atoms with Crippen molar-refractivity contribution in [3.05, 3.63) is 28.2 Å². The molecule has 22 heavy (non-hydrogen) atoms. The minimum atomic E-state index is -0.329. The number of rotatable bonds is 2. The molecular formula is C15H20N4O3. The molecule has 0 unspecified atom stereocenters. The minimum absolute atomic E-state index is 0.197. The van der Waals surface area contributed by atoms with E-state index < -0.39 is 0 Å². The number of hydrogen-bond acceptors (Lipinski definition) is 4. The molecule has 7 nitrogen and oxygen atoms in total. The molecule has 1 saturated carbocycles. The van der Waals surface area contributed by atoms with Crippen molar-refractivity contribution in [1.29, 1.82) is 0 Å². The highest BCUT2D eigenvalue weighted by atomic mass is 16.2. The second-order valence-corrected chi connectivity index (χ2v) is 5.91. The van der Waals surface area contributed by atoms with Crippen molar-refractivity contribution in [2.45, 2.75) is 25.7 Å². The Hall–Kier alpha value is -2.18. The molecule has 118 valence electrons. The van der Waals surface area contributed by atoms with Crippen molar-refractivity contribution >= 4 is 11.8 Å². The molecule has 1 aliphatic carbocycles. The first-order valence-electron chi connectivity index (χ1n) is 7.79. The molecule has 2 heterocycles. The van der Waals surface area contributed by atoms with Gasteiger partial charge >= 0.3 is 0 Å². The van der Waals surface area contributed by atoms with Gasteiger partial charge in [0.1, 0.15) is 5.69 Å². The summed E-state index contributed by atoms with van der Waals surface area (Å²) in [6.07, 6.45) is 3.92. The van der Waals surface area contributed by atoms with Gasteiger partial charge in [0.25, 0.3) is 11.5 Å². The van der Waals surface area contributed by atoms with Crippen LogP contribution in [0.3, 0.4) is 0 Å². The molecule has 1 aromatic heterocycles. The number of nitrogens with zero attached hydrogens (tertiary/aromatic N) is 3. The van der Waals surface area contributed by atoms with Crippen LogP contribution in [0.15, 0.2) is 16.9 Å². The Balaban J connectivity index is 1.62.